The third-order valence-electron chi connectivity index (χ3n) is 5.03. The van der Waals surface area contributed by atoms with E-state index in [1.54, 1.807) is 6.07 Å². The monoisotopic (exact) mass is 500 g/mol. The zero-order chi connectivity index (χ0) is 22.2. The van der Waals surface area contributed by atoms with E-state index in [9.17, 15) is 13.2 Å². The first-order valence-corrected chi connectivity index (χ1v) is 12.5. The van der Waals surface area contributed by atoms with Crippen LogP contribution in [0, 0.1) is 5.92 Å². The summed E-state index contributed by atoms with van der Waals surface area (Å²) in [5.41, 5.74) is 0.730. The Balaban J connectivity index is 1.45. The van der Waals surface area contributed by atoms with Crippen LogP contribution in [-0.2, 0) is 10.0 Å². The van der Waals surface area contributed by atoms with Crippen molar-refractivity contribution < 1.29 is 17.6 Å². The number of benzene rings is 1. The molecule has 0 aliphatic carbocycles. The second kappa shape index (κ2) is 8.87. The van der Waals surface area contributed by atoms with Crippen LogP contribution in [-0.4, -0.2) is 41.9 Å². The van der Waals surface area contributed by atoms with Crippen LogP contribution in [0.4, 0.5) is 6.01 Å². The summed E-state index contributed by atoms with van der Waals surface area (Å²) in [6.07, 6.45) is 1.68. The summed E-state index contributed by atoms with van der Waals surface area (Å²) in [5, 5.41) is 10.1. The number of nitrogens with one attached hydrogen (secondary N) is 1. The average Bonchev–Trinajstić information content (AvgIpc) is 3.33. The lowest BCUT2D eigenvalue weighted by Crippen LogP contribution is -2.37. The summed E-state index contributed by atoms with van der Waals surface area (Å²) in [7, 11) is -3.58. The zero-order valence-corrected chi connectivity index (χ0v) is 19.5. The maximum absolute atomic E-state index is 12.8. The van der Waals surface area contributed by atoms with Crippen molar-refractivity contribution in [2.75, 3.05) is 18.4 Å². The molecule has 1 fully saturated rings. The Kier molecular flexibility index (Phi) is 6.36. The van der Waals surface area contributed by atoms with E-state index in [0.29, 0.717) is 33.2 Å². The SMILES string of the molecule is CC1CCN(S(=O)(=O)c2ccc(C(=O)Nc3nnc(-c4cc(Cl)sc4Cl)o3)cc2)CC1. The van der Waals surface area contributed by atoms with Crippen molar-refractivity contribution >= 4 is 56.5 Å². The first-order chi connectivity index (χ1) is 14.7. The van der Waals surface area contributed by atoms with Gasteiger partial charge in [0, 0.05) is 18.7 Å². The molecular weight excluding hydrogens is 483 g/mol. The number of rotatable bonds is 5. The van der Waals surface area contributed by atoms with Crippen LogP contribution < -0.4 is 5.32 Å². The number of thiophene rings is 1. The predicted octanol–water partition coefficient (Wildman–Crippen LogP) is 4.78. The van der Waals surface area contributed by atoms with Crippen molar-refractivity contribution in [3.05, 3.63) is 44.6 Å². The Hall–Kier alpha value is -1.98. The molecule has 3 heterocycles. The van der Waals surface area contributed by atoms with Gasteiger partial charge in [-0.15, -0.1) is 16.4 Å². The smallest absolute Gasteiger partial charge is 0.322 e. The highest BCUT2D eigenvalue weighted by atomic mass is 35.5. The van der Waals surface area contributed by atoms with Crippen molar-refractivity contribution in [3.8, 4) is 11.5 Å². The largest absolute Gasteiger partial charge is 0.403 e. The second-order valence-electron chi connectivity index (χ2n) is 7.22. The Morgan fingerprint density at radius 1 is 1.19 bits per heavy atom. The van der Waals surface area contributed by atoms with Crippen LogP contribution >= 0.6 is 34.5 Å². The normalized spacial score (nSPS) is 15.8. The molecule has 3 aromatic rings. The quantitative estimate of drug-likeness (QED) is 0.540. The Bertz CT molecular complexity index is 1200. The highest BCUT2D eigenvalue weighted by Gasteiger charge is 2.28. The number of piperidine rings is 1. The number of hydrogen-bond donors (Lipinski definition) is 1. The lowest BCUT2D eigenvalue weighted by Gasteiger charge is -2.29. The molecule has 1 aromatic carbocycles. The molecule has 1 saturated heterocycles. The van der Waals surface area contributed by atoms with E-state index in [2.05, 4.69) is 22.4 Å². The van der Waals surface area contributed by atoms with E-state index in [-0.39, 0.29) is 22.4 Å². The molecule has 0 atom stereocenters. The van der Waals surface area contributed by atoms with Gasteiger partial charge in [-0.3, -0.25) is 10.1 Å². The topological polar surface area (TPSA) is 105 Å². The minimum absolute atomic E-state index is 0.113. The van der Waals surface area contributed by atoms with E-state index in [1.165, 1.54) is 28.6 Å². The molecule has 0 unspecified atom stereocenters. The Morgan fingerprint density at radius 2 is 1.87 bits per heavy atom. The second-order valence-corrected chi connectivity index (χ2v) is 11.4. The first-order valence-electron chi connectivity index (χ1n) is 9.44. The standard InChI is InChI=1S/C19H18Cl2N4O4S2/c1-11-6-8-25(9-7-11)31(27,28)13-4-2-12(3-5-13)17(26)22-19-24-23-18(29-19)14-10-15(20)30-16(14)21/h2-5,10-11H,6-9H2,1H3,(H,22,24,26). The van der Waals surface area contributed by atoms with Crippen molar-refractivity contribution in [1.82, 2.24) is 14.5 Å². The summed E-state index contributed by atoms with van der Waals surface area (Å²) in [6.45, 7) is 3.13. The minimum atomic E-state index is -3.58. The maximum atomic E-state index is 12.8. The van der Waals surface area contributed by atoms with Crippen LogP contribution in [0.2, 0.25) is 8.67 Å². The molecule has 2 aromatic heterocycles. The molecule has 0 saturated carbocycles. The molecule has 8 nitrogen and oxygen atoms in total. The minimum Gasteiger partial charge on any atom is -0.403 e. The maximum Gasteiger partial charge on any atom is 0.322 e. The first kappa shape index (κ1) is 22.2. The van der Waals surface area contributed by atoms with Crippen molar-refractivity contribution in [2.45, 2.75) is 24.7 Å². The number of nitrogens with zero attached hydrogens (tertiary/aromatic N) is 3. The van der Waals surface area contributed by atoms with Crippen LogP contribution in [0.25, 0.3) is 11.5 Å². The van der Waals surface area contributed by atoms with Gasteiger partial charge in [-0.25, -0.2) is 8.42 Å². The number of aromatic nitrogens is 2. The molecule has 0 bridgehead atoms. The average molecular weight is 501 g/mol. The van der Waals surface area contributed by atoms with Gasteiger partial charge in [-0.2, -0.15) is 4.31 Å². The van der Waals surface area contributed by atoms with Gasteiger partial charge in [0.1, 0.15) is 4.34 Å². The molecule has 1 aliphatic heterocycles. The van der Waals surface area contributed by atoms with Gasteiger partial charge >= 0.3 is 6.01 Å². The lowest BCUT2D eigenvalue weighted by molar-refractivity contribution is 0.102. The van der Waals surface area contributed by atoms with Gasteiger partial charge in [-0.05, 0) is 49.1 Å². The molecule has 1 amide bonds. The molecule has 0 spiro atoms. The van der Waals surface area contributed by atoms with Gasteiger partial charge < -0.3 is 4.42 Å². The van der Waals surface area contributed by atoms with Gasteiger partial charge in [0.05, 0.1) is 14.8 Å². The van der Waals surface area contributed by atoms with Crippen LogP contribution in [0.15, 0.2) is 39.6 Å². The molecule has 164 valence electrons. The van der Waals surface area contributed by atoms with Crippen LogP contribution in [0.1, 0.15) is 30.1 Å². The molecule has 12 heteroatoms. The highest BCUT2D eigenvalue weighted by Crippen LogP contribution is 2.37. The number of carbonyl (C=O) groups excluding carboxylic acids is 1. The van der Waals surface area contributed by atoms with Gasteiger partial charge in [0.25, 0.3) is 11.8 Å². The van der Waals surface area contributed by atoms with E-state index in [0.717, 1.165) is 24.2 Å². The third kappa shape index (κ3) is 4.78. The summed E-state index contributed by atoms with van der Waals surface area (Å²) in [6, 6.07) is 7.22. The fourth-order valence-electron chi connectivity index (χ4n) is 3.19. The summed E-state index contributed by atoms with van der Waals surface area (Å²) in [5.74, 6) is 0.136. The fraction of sp³-hybridized carbons (Fsp3) is 0.316. The fourth-order valence-corrected chi connectivity index (χ4v) is 6.11. The van der Waals surface area contributed by atoms with E-state index in [4.69, 9.17) is 27.6 Å². The zero-order valence-electron chi connectivity index (χ0n) is 16.3. The lowest BCUT2D eigenvalue weighted by atomic mass is 10.0. The number of sulfonamides is 1. The number of hydrogen-bond acceptors (Lipinski definition) is 7. The third-order valence-corrected chi connectivity index (χ3v) is 8.43. The van der Waals surface area contributed by atoms with Crippen molar-refractivity contribution in [1.29, 1.82) is 0 Å². The summed E-state index contributed by atoms with van der Waals surface area (Å²) >= 11 is 13.1. The highest BCUT2D eigenvalue weighted by molar-refractivity contribution is 7.89. The van der Waals surface area contributed by atoms with Gasteiger partial charge in [0.15, 0.2) is 0 Å². The Morgan fingerprint density at radius 3 is 2.48 bits per heavy atom. The van der Waals surface area contributed by atoms with Crippen LogP contribution in [0.3, 0.4) is 0 Å². The van der Waals surface area contributed by atoms with E-state index >= 15 is 0 Å². The van der Waals surface area contributed by atoms with Gasteiger partial charge in [0.2, 0.25) is 10.0 Å². The van der Waals surface area contributed by atoms with E-state index in [1.807, 2.05) is 0 Å². The Labute approximate surface area is 193 Å². The van der Waals surface area contributed by atoms with Crippen molar-refractivity contribution in [3.63, 3.8) is 0 Å². The summed E-state index contributed by atoms with van der Waals surface area (Å²) < 4.78 is 33.4. The molecular formula is C19H18Cl2N4O4S2. The van der Waals surface area contributed by atoms with Crippen molar-refractivity contribution in [2.24, 2.45) is 5.92 Å². The van der Waals surface area contributed by atoms with Gasteiger partial charge in [-0.1, -0.05) is 35.2 Å². The number of carbonyl (C=O) groups is 1. The molecule has 0 radical (unpaired) electrons. The summed E-state index contributed by atoms with van der Waals surface area (Å²) in [4.78, 5) is 12.6. The van der Waals surface area contributed by atoms with E-state index < -0.39 is 15.9 Å². The molecule has 1 aliphatic rings. The molecule has 4 rings (SSSR count). The number of amides is 1. The predicted molar refractivity (Wildman–Crippen MR) is 119 cm³/mol. The molecule has 31 heavy (non-hydrogen) atoms. The number of anilines is 1. The van der Waals surface area contributed by atoms with Crippen LogP contribution in [0.5, 0.6) is 0 Å². The number of halogens is 2. The molecule has 1 N–H and O–H groups in total.